The number of nitrogens with zero attached hydrogens (tertiary/aromatic N) is 2. The van der Waals surface area contributed by atoms with Gasteiger partial charge in [0.15, 0.2) is 5.58 Å². The summed E-state index contributed by atoms with van der Waals surface area (Å²) in [6.45, 7) is 6.61. The maximum Gasteiger partial charge on any atom is 0.257 e. The first-order valence-corrected chi connectivity index (χ1v) is 11.8. The quantitative estimate of drug-likeness (QED) is 0.341. The number of thioether (sulfide) groups is 1. The summed E-state index contributed by atoms with van der Waals surface area (Å²) < 4.78 is 5.80. The van der Waals surface area contributed by atoms with Crippen molar-refractivity contribution in [3.63, 3.8) is 0 Å². The standard InChI is InChI=1S/C27H26N2O2S/c1-26(2)18-27(3,19-11-5-4-6-12-19)20-13-7-9-15-22(20)29(26)24(30)17-32-25-28-21-14-8-10-16-23(21)31-25/h4-16H,17-18H2,1-3H3/t27-/m0/s1. The van der Waals surface area contributed by atoms with Crippen LogP contribution in [0.15, 0.2) is 88.5 Å². The fourth-order valence-corrected chi connectivity index (χ4v) is 5.82. The number of carbonyl (C=O) groups is 1. The van der Waals surface area contributed by atoms with Crippen molar-refractivity contribution >= 4 is 34.5 Å². The van der Waals surface area contributed by atoms with E-state index in [1.165, 1.54) is 22.9 Å². The number of fused-ring (bicyclic) bond motifs is 2. The van der Waals surface area contributed by atoms with Crippen LogP contribution in [-0.2, 0) is 10.2 Å². The van der Waals surface area contributed by atoms with E-state index in [1.54, 1.807) is 0 Å². The number of aromatic nitrogens is 1. The summed E-state index contributed by atoms with van der Waals surface area (Å²) in [5.74, 6) is 0.330. The van der Waals surface area contributed by atoms with Gasteiger partial charge in [0, 0.05) is 16.6 Å². The van der Waals surface area contributed by atoms with E-state index in [4.69, 9.17) is 4.42 Å². The summed E-state index contributed by atoms with van der Waals surface area (Å²) in [4.78, 5) is 20.0. The zero-order chi connectivity index (χ0) is 22.3. The fraction of sp³-hybridized carbons (Fsp3) is 0.259. The number of carbonyl (C=O) groups excluding carboxylic acids is 1. The minimum Gasteiger partial charge on any atom is -0.431 e. The molecule has 32 heavy (non-hydrogen) atoms. The molecule has 0 bridgehead atoms. The highest BCUT2D eigenvalue weighted by Gasteiger charge is 2.47. The highest BCUT2D eigenvalue weighted by atomic mass is 32.2. The van der Waals surface area contributed by atoms with Crippen molar-refractivity contribution in [2.45, 2.75) is 43.4 Å². The molecule has 0 radical (unpaired) electrons. The Hall–Kier alpha value is -3.05. The van der Waals surface area contributed by atoms with E-state index in [0.717, 1.165) is 23.2 Å². The molecule has 1 aromatic heterocycles. The predicted molar refractivity (Wildman–Crippen MR) is 130 cm³/mol. The Bertz CT molecular complexity index is 1250. The second-order valence-corrected chi connectivity index (χ2v) is 10.1. The Kier molecular flexibility index (Phi) is 5.09. The van der Waals surface area contributed by atoms with Gasteiger partial charge in [-0.1, -0.05) is 79.3 Å². The van der Waals surface area contributed by atoms with Crippen LogP contribution in [0.3, 0.4) is 0 Å². The Morgan fingerprint density at radius 1 is 0.969 bits per heavy atom. The molecule has 0 aliphatic carbocycles. The van der Waals surface area contributed by atoms with Crippen LogP contribution in [0.1, 0.15) is 38.3 Å². The topological polar surface area (TPSA) is 46.3 Å². The van der Waals surface area contributed by atoms with Crippen molar-refractivity contribution in [3.8, 4) is 0 Å². The van der Waals surface area contributed by atoms with Crippen molar-refractivity contribution < 1.29 is 9.21 Å². The molecule has 0 saturated carbocycles. The normalized spacial score (nSPS) is 19.7. The van der Waals surface area contributed by atoms with Gasteiger partial charge in [-0.15, -0.1) is 0 Å². The lowest BCUT2D eigenvalue weighted by Gasteiger charge is -2.51. The number of oxazole rings is 1. The smallest absolute Gasteiger partial charge is 0.257 e. The number of anilines is 1. The van der Waals surface area contributed by atoms with E-state index in [0.29, 0.717) is 5.22 Å². The molecule has 3 aromatic carbocycles. The Balaban J connectivity index is 1.47. The van der Waals surface area contributed by atoms with Crippen molar-refractivity contribution in [1.82, 2.24) is 4.98 Å². The molecular formula is C27H26N2O2S. The number of hydrogen-bond acceptors (Lipinski definition) is 4. The van der Waals surface area contributed by atoms with Crippen LogP contribution in [0.5, 0.6) is 0 Å². The first-order valence-electron chi connectivity index (χ1n) is 10.8. The van der Waals surface area contributed by atoms with E-state index in [9.17, 15) is 4.79 Å². The summed E-state index contributed by atoms with van der Waals surface area (Å²) in [5, 5.41) is 0.525. The molecule has 1 atom stereocenters. The summed E-state index contributed by atoms with van der Waals surface area (Å²) in [7, 11) is 0. The van der Waals surface area contributed by atoms with Gasteiger partial charge < -0.3 is 9.32 Å². The van der Waals surface area contributed by atoms with Gasteiger partial charge in [0.1, 0.15) is 5.52 Å². The molecule has 4 aromatic rings. The first kappa shape index (κ1) is 20.8. The van der Waals surface area contributed by atoms with Crippen LogP contribution in [0.4, 0.5) is 5.69 Å². The molecule has 1 amide bonds. The van der Waals surface area contributed by atoms with E-state index >= 15 is 0 Å². The van der Waals surface area contributed by atoms with E-state index < -0.39 is 0 Å². The molecule has 1 aliphatic heterocycles. The summed E-state index contributed by atoms with van der Waals surface area (Å²) in [6.07, 6.45) is 0.834. The molecule has 0 spiro atoms. The van der Waals surface area contributed by atoms with Gasteiger partial charge in [0.25, 0.3) is 5.22 Å². The van der Waals surface area contributed by atoms with Crippen molar-refractivity contribution in [2.24, 2.45) is 0 Å². The Morgan fingerprint density at radius 2 is 1.66 bits per heavy atom. The number of benzene rings is 3. The number of amides is 1. The second-order valence-electron chi connectivity index (χ2n) is 9.17. The molecule has 1 aliphatic rings. The van der Waals surface area contributed by atoms with Crippen LogP contribution < -0.4 is 4.90 Å². The molecule has 162 valence electrons. The number of rotatable bonds is 4. The molecule has 5 rings (SSSR count). The lowest BCUT2D eigenvalue weighted by molar-refractivity contribution is -0.117. The second kappa shape index (κ2) is 7.82. The number of para-hydroxylation sites is 3. The predicted octanol–water partition coefficient (Wildman–Crippen LogP) is 6.44. The van der Waals surface area contributed by atoms with E-state index in [-0.39, 0.29) is 22.6 Å². The Morgan fingerprint density at radius 3 is 2.44 bits per heavy atom. The lowest BCUT2D eigenvalue weighted by Crippen LogP contribution is -2.56. The van der Waals surface area contributed by atoms with E-state index in [1.807, 2.05) is 41.3 Å². The van der Waals surface area contributed by atoms with Gasteiger partial charge in [0.05, 0.1) is 5.75 Å². The maximum atomic E-state index is 13.5. The van der Waals surface area contributed by atoms with Gasteiger partial charge >= 0.3 is 0 Å². The maximum absolute atomic E-state index is 13.5. The van der Waals surface area contributed by atoms with Crippen LogP contribution in [0, 0.1) is 0 Å². The highest BCUT2D eigenvalue weighted by Crippen LogP contribution is 2.50. The lowest BCUT2D eigenvalue weighted by atomic mass is 9.65. The van der Waals surface area contributed by atoms with Crippen molar-refractivity contribution in [1.29, 1.82) is 0 Å². The third-order valence-electron chi connectivity index (χ3n) is 6.38. The minimum atomic E-state index is -0.349. The third-order valence-corrected chi connectivity index (χ3v) is 7.20. The average molecular weight is 443 g/mol. The Labute approximate surface area is 192 Å². The minimum absolute atomic E-state index is 0.0600. The van der Waals surface area contributed by atoms with Gasteiger partial charge in [-0.25, -0.2) is 4.98 Å². The molecule has 0 fully saturated rings. The highest BCUT2D eigenvalue weighted by molar-refractivity contribution is 7.99. The monoisotopic (exact) mass is 442 g/mol. The van der Waals surface area contributed by atoms with Gasteiger partial charge in [-0.05, 0) is 49.6 Å². The van der Waals surface area contributed by atoms with Gasteiger partial charge in [0.2, 0.25) is 5.91 Å². The molecule has 2 heterocycles. The van der Waals surface area contributed by atoms with Crippen LogP contribution >= 0.6 is 11.8 Å². The van der Waals surface area contributed by atoms with Crippen molar-refractivity contribution in [2.75, 3.05) is 10.7 Å². The zero-order valence-electron chi connectivity index (χ0n) is 18.5. The molecular weight excluding hydrogens is 416 g/mol. The van der Waals surface area contributed by atoms with Crippen LogP contribution in [-0.4, -0.2) is 22.2 Å². The molecule has 4 nitrogen and oxygen atoms in total. The summed E-state index contributed by atoms with van der Waals surface area (Å²) in [6, 6.07) is 26.6. The SMILES string of the molecule is CC1(C)C[C@@](C)(c2ccccc2)c2ccccc2N1C(=O)CSc1nc2ccccc2o1. The molecule has 0 N–H and O–H groups in total. The molecule has 0 unspecified atom stereocenters. The van der Waals surface area contributed by atoms with Gasteiger partial charge in [-0.2, -0.15) is 0 Å². The number of hydrogen-bond donors (Lipinski definition) is 0. The largest absolute Gasteiger partial charge is 0.431 e. The first-order chi connectivity index (χ1) is 15.4. The van der Waals surface area contributed by atoms with E-state index in [2.05, 4.69) is 68.2 Å². The van der Waals surface area contributed by atoms with Crippen LogP contribution in [0.2, 0.25) is 0 Å². The van der Waals surface area contributed by atoms with Gasteiger partial charge in [-0.3, -0.25) is 4.79 Å². The fourth-order valence-electron chi connectivity index (χ4n) is 5.14. The zero-order valence-corrected chi connectivity index (χ0v) is 19.4. The van der Waals surface area contributed by atoms with Crippen LogP contribution in [0.25, 0.3) is 11.1 Å². The van der Waals surface area contributed by atoms with Crippen molar-refractivity contribution in [3.05, 3.63) is 90.0 Å². The summed E-state index contributed by atoms with van der Waals surface area (Å²) >= 11 is 1.35. The molecule has 5 heteroatoms. The molecule has 0 saturated heterocycles. The third kappa shape index (κ3) is 3.51. The summed E-state index contributed by atoms with van der Waals surface area (Å²) in [5.41, 5.74) is 4.47. The average Bonchev–Trinajstić information content (AvgIpc) is 3.21.